The fourth-order valence-corrected chi connectivity index (χ4v) is 3.02. The highest BCUT2D eigenvalue weighted by Crippen LogP contribution is 2.31. The van der Waals surface area contributed by atoms with Crippen molar-refractivity contribution in [3.8, 4) is 11.5 Å². The summed E-state index contributed by atoms with van der Waals surface area (Å²) in [5.41, 5.74) is 4.18. The lowest BCUT2D eigenvalue weighted by Crippen LogP contribution is -2.24. The fraction of sp³-hybridized carbons (Fsp3) is 0.0909. The second-order valence-corrected chi connectivity index (χ2v) is 7.79. The number of nitrogens with zero attached hydrogens (tertiary/aromatic N) is 1. The van der Waals surface area contributed by atoms with Gasteiger partial charge in [-0.1, -0.05) is 69.5 Å². The van der Waals surface area contributed by atoms with E-state index < -0.39 is 5.91 Å². The third-order valence-electron chi connectivity index (χ3n) is 3.89. The maximum absolute atomic E-state index is 12.0. The van der Waals surface area contributed by atoms with E-state index >= 15 is 0 Å². The van der Waals surface area contributed by atoms with Crippen molar-refractivity contribution in [2.24, 2.45) is 5.10 Å². The fourth-order valence-electron chi connectivity index (χ4n) is 2.41. The number of hydrogen-bond acceptors (Lipinski definition) is 4. The molecule has 0 aliphatic carbocycles. The van der Waals surface area contributed by atoms with Crippen molar-refractivity contribution in [3.05, 3.63) is 92.4 Å². The summed E-state index contributed by atoms with van der Waals surface area (Å²) in [7, 11) is 0. The molecule has 0 saturated heterocycles. The Bertz CT molecular complexity index is 1040. The van der Waals surface area contributed by atoms with Crippen LogP contribution in [-0.2, 0) is 11.4 Å². The lowest BCUT2D eigenvalue weighted by molar-refractivity contribution is -0.123. The van der Waals surface area contributed by atoms with Crippen LogP contribution >= 0.6 is 39.1 Å². The average Bonchev–Trinajstić information content (AvgIpc) is 2.75. The Hall–Kier alpha value is -2.54. The summed E-state index contributed by atoms with van der Waals surface area (Å²) >= 11 is 15.4. The predicted molar refractivity (Wildman–Crippen MR) is 123 cm³/mol. The van der Waals surface area contributed by atoms with Gasteiger partial charge >= 0.3 is 0 Å². The Balaban J connectivity index is 1.53. The first-order valence-corrected chi connectivity index (χ1v) is 10.4. The lowest BCUT2D eigenvalue weighted by atomic mass is 10.2. The molecule has 3 aromatic carbocycles. The molecule has 0 fully saturated rings. The molecule has 5 nitrogen and oxygen atoms in total. The molecule has 3 rings (SSSR count). The van der Waals surface area contributed by atoms with Crippen LogP contribution in [0.15, 0.2) is 76.3 Å². The van der Waals surface area contributed by atoms with E-state index in [4.69, 9.17) is 32.7 Å². The number of rotatable bonds is 8. The number of hydrazone groups is 1. The molecule has 0 heterocycles. The van der Waals surface area contributed by atoms with Crippen LogP contribution in [0.25, 0.3) is 0 Å². The molecule has 1 N–H and O–H groups in total. The van der Waals surface area contributed by atoms with Crippen LogP contribution in [0.2, 0.25) is 10.0 Å². The molecule has 0 radical (unpaired) electrons. The van der Waals surface area contributed by atoms with Crippen molar-refractivity contribution in [1.29, 1.82) is 0 Å². The number of nitrogens with one attached hydrogen (secondary N) is 1. The molecule has 0 aromatic heterocycles. The Morgan fingerprint density at radius 2 is 1.70 bits per heavy atom. The highest BCUT2D eigenvalue weighted by molar-refractivity contribution is 9.10. The van der Waals surface area contributed by atoms with Gasteiger partial charge in [0, 0.05) is 10.0 Å². The van der Waals surface area contributed by atoms with E-state index in [0.29, 0.717) is 23.1 Å². The molecule has 0 atom stereocenters. The molecule has 0 spiro atoms. The summed E-state index contributed by atoms with van der Waals surface area (Å²) < 4.78 is 12.3. The van der Waals surface area contributed by atoms with E-state index in [9.17, 15) is 4.79 Å². The molecule has 0 aliphatic rings. The number of para-hydroxylation sites is 1. The number of hydrogen-bond donors (Lipinski definition) is 1. The smallest absolute Gasteiger partial charge is 0.277 e. The minimum absolute atomic E-state index is 0.251. The van der Waals surface area contributed by atoms with Gasteiger partial charge in [-0.05, 0) is 42.0 Å². The molecule has 1 amide bonds. The van der Waals surface area contributed by atoms with Gasteiger partial charge in [-0.25, -0.2) is 5.43 Å². The van der Waals surface area contributed by atoms with E-state index in [0.717, 1.165) is 15.6 Å². The van der Waals surface area contributed by atoms with Crippen molar-refractivity contribution >= 4 is 51.3 Å². The lowest BCUT2D eigenvalue weighted by Gasteiger charge is -2.09. The monoisotopic (exact) mass is 506 g/mol. The Morgan fingerprint density at radius 3 is 2.50 bits per heavy atom. The summed E-state index contributed by atoms with van der Waals surface area (Å²) in [4.78, 5) is 12.0. The second kappa shape index (κ2) is 11.0. The molecule has 0 unspecified atom stereocenters. The molecular formula is C22H17BrCl2N2O3. The van der Waals surface area contributed by atoms with Crippen molar-refractivity contribution in [2.75, 3.05) is 6.61 Å². The number of carbonyl (C=O) groups is 1. The Kier molecular flexibility index (Phi) is 8.13. The molecule has 0 aliphatic heterocycles. The van der Waals surface area contributed by atoms with E-state index in [-0.39, 0.29) is 11.6 Å². The van der Waals surface area contributed by atoms with Gasteiger partial charge < -0.3 is 9.47 Å². The van der Waals surface area contributed by atoms with Crippen molar-refractivity contribution in [3.63, 3.8) is 0 Å². The molecule has 0 bridgehead atoms. The molecule has 3 aromatic rings. The third kappa shape index (κ3) is 6.49. The zero-order valence-electron chi connectivity index (χ0n) is 15.6. The minimum Gasteiger partial charge on any atom is -0.488 e. The van der Waals surface area contributed by atoms with Gasteiger partial charge in [0.15, 0.2) is 6.61 Å². The van der Waals surface area contributed by atoms with Gasteiger partial charge in [-0.15, -0.1) is 0 Å². The van der Waals surface area contributed by atoms with E-state index in [2.05, 4.69) is 26.5 Å². The highest BCUT2D eigenvalue weighted by atomic mass is 79.9. The van der Waals surface area contributed by atoms with E-state index in [1.54, 1.807) is 18.2 Å². The number of amides is 1. The standard InChI is InChI=1S/C22H17BrCl2N2O3/c23-17-10-8-15(9-11-17)13-29-19-6-2-1-4-16(19)12-26-27-21(28)14-30-20-7-3-5-18(24)22(20)25/h1-12H,13-14H2,(H,27,28)/b26-12-. The molecule has 154 valence electrons. The maximum Gasteiger partial charge on any atom is 0.277 e. The average molecular weight is 508 g/mol. The SMILES string of the molecule is O=C(COc1cccc(Cl)c1Cl)N/N=C\c1ccccc1OCc1ccc(Br)cc1. The topological polar surface area (TPSA) is 59.9 Å². The van der Waals surface area contributed by atoms with Crippen LogP contribution in [-0.4, -0.2) is 18.7 Å². The Labute approximate surface area is 192 Å². The normalized spacial score (nSPS) is 10.8. The van der Waals surface area contributed by atoms with Crippen LogP contribution in [0.3, 0.4) is 0 Å². The molecule has 0 saturated carbocycles. The first-order valence-electron chi connectivity index (χ1n) is 8.88. The van der Waals surface area contributed by atoms with Crippen LogP contribution in [0, 0.1) is 0 Å². The van der Waals surface area contributed by atoms with Crippen LogP contribution in [0.5, 0.6) is 11.5 Å². The number of carbonyl (C=O) groups excluding carboxylic acids is 1. The maximum atomic E-state index is 12.0. The summed E-state index contributed by atoms with van der Waals surface area (Å²) in [6.07, 6.45) is 1.52. The summed E-state index contributed by atoms with van der Waals surface area (Å²) in [5, 5.41) is 4.58. The van der Waals surface area contributed by atoms with E-state index in [1.165, 1.54) is 6.21 Å². The van der Waals surface area contributed by atoms with Gasteiger partial charge in [0.25, 0.3) is 5.91 Å². The second-order valence-electron chi connectivity index (χ2n) is 6.09. The molecule has 8 heteroatoms. The number of halogens is 3. The predicted octanol–water partition coefficient (Wildman–Crippen LogP) is 5.86. The quantitative estimate of drug-likeness (QED) is 0.306. The number of benzene rings is 3. The van der Waals surface area contributed by atoms with Crippen molar-refractivity contribution in [1.82, 2.24) is 5.43 Å². The molecular weight excluding hydrogens is 491 g/mol. The van der Waals surface area contributed by atoms with Crippen LogP contribution in [0.4, 0.5) is 0 Å². The van der Waals surface area contributed by atoms with Crippen molar-refractivity contribution < 1.29 is 14.3 Å². The van der Waals surface area contributed by atoms with Gasteiger partial charge in [-0.2, -0.15) is 5.10 Å². The third-order valence-corrected chi connectivity index (χ3v) is 5.22. The minimum atomic E-state index is -0.435. The number of ether oxygens (including phenoxy) is 2. The summed E-state index contributed by atoms with van der Waals surface area (Å²) in [6.45, 7) is 0.165. The Morgan fingerprint density at radius 1 is 0.967 bits per heavy atom. The van der Waals surface area contributed by atoms with Crippen LogP contribution < -0.4 is 14.9 Å². The van der Waals surface area contributed by atoms with Crippen molar-refractivity contribution in [2.45, 2.75) is 6.61 Å². The van der Waals surface area contributed by atoms with E-state index in [1.807, 2.05) is 48.5 Å². The highest BCUT2D eigenvalue weighted by Gasteiger charge is 2.08. The zero-order chi connectivity index (χ0) is 21.3. The summed E-state index contributed by atoms with van der Waals surface area (Å²) in [6, 6.07) is 20.2. The first kappa shape index (κ1) is 22.2. The van der Waals surface area contributed by atoms with Crippen LogP contribution in [0.1, 0.15) is 11.1 Å². The summed E-state index contributed by atoms with van der Waals surface area (Å²) in [5.74, 6) is 0.547. The largest absolute Gasteiger partial charge is 0.488 e. The zero-order valence-corrected chi connectivity index (χ0v) is 18.7. The van der Waals surface area contributed by atoms with Gasteiger partial charge in [0.2, 0.25) is 0 Å². The van der Waals surface area contributed by atoms with Gasteiger partial charge in [-0.3, -0.25) is 4.79 Å². The first-order chi connectivity index (χ1) is 14.5. The molecule has 30 heavy (non-hydrogen) atoms. The van der Waals surface area contributed by atoms with Gasteiger partial charge in [0.1, 0.15) is 23.1 Å². The van der Waals surface area contributed by atoms with Gasteiger partial charge in [0.05, 0.1) is 11.2 Å².